The van der Waals surface area contributed by atoms with E-state index in [9.17, 15) is 4.79 Å². The maximum absolute atomic E-state index is 11.0. The van der Waals surface area contributed by atoms with E-state index < -0.39 is 5.97 Å². The van der Waals surface area contributed by atoms with Crippen molar-refractivity contribution in [1.82, 2.24) is 4.98 Å². The molecule has 0 spiro atoms. The fourth-order valence-corrected chi connectivity index (χ4v) is 2.14. The number of hydrogen-bond acceptors (Lipinski definition) is 4. The molecule has 1 N–H and O–H groups in total. The minimum absolute atomic E-state index is 0.162. The van der Waals surface area contributed by atoms with Gasteiger partial charge in [-0.2, -0.15) is 0 Å². The van der Waals surface area contributed by atoms with Gasteiger partial charge < -0.3 is 14.6 Å². The van der Waals surface area contributed by atoms with Crippen LogP contribution in [0.4, 0.5) is 0 Å². The van der Waals surface area contributed by atoms with Gasteiger partial charge in [0.1, 0.15) is 6.61 Å². The third kappa shape index (κ3) is 4.19. The number of aromatic nitrogens is 1. The van der Waals surface area contributed by atoms with Gasteiger partial charge in [-0.3, -0.25) is 4.98 Å². The minimum atomic E-state index is -1.00. The average Bonchev–Trinajstić information content (AvgIpc) is 2.46. The van der Waals surface area contributed by atoms with Crippen LogP contribution in [-0.2, 0) is 6.61 Å². The molecule has 2 aromatic rings. The van der Waals surface area contributed by atoms with Crippen molar-refractivity contribution < 1.29 is 19.4 Å². The summed E-state index contributed by atoms with van der Waals surface area (Å²) in [6, 6.07) is 6.44. The van der Waals surface area contributed by atoms with Crippen LogP contribution in [0.2, 0.25) is 0 Å². The molecule has 1 heterocycles. The van der Waals surface area contributed by atoms with Gasteiger partial charge in [0.05, 0.1) is 12.2 Å². The van der Waals surface area contributed by atoms with Crippen molar-refractivity contribution in [1.29, 1.82) is 0 Å². The molecule has 0 saturated heterocycles. The lowest BCUT2D eigenvalue weighted by Crippen LogP contribution is -2.03. The first-order valence-corrected chi connectivity index (χ1v) is 7.12. The van der Waals surface area contributed by atoms with Crippen LogP contribution in [0, 0.1) is 0 Å². The molecule has 6 heteroatoms. The highest BCUT2D eigenvalue weighted by Gasteiger charge is 2.10. The van der Waals surface area contributed by atoms with Gasteiger partial charge in [-0.1, -0.05) is 0 Å². The second-order valence-corrected chi connectivity index (χ2v) is 5.12. The lowest BCUT2D eigenvalue weighted by atomic mass is 10.2. The first-order chi connectivity index (χ1) is 10.1. The summed E-state index contributed by atoms with van der Waals surface area (Å²) in [6.07, 6.45) is 3.40. The first-order valence-electron chi connectivity index (χ1n) is 6.32. The molecule has 0 atom stereocenters. The minimum Gasteiger partial charge on any atom is -0.490 e. The van der Waals surface area contributed by atoms with Gasteiger partial charge in [0.25, 0.3) is 0 Å². The monoisotopic (exact) mass is 351 g/mol. The largest absolute Gasteiger partial charge is 0.490 e. The van der Waals surface area contributed by atoms with Gasteiger partial charge in [-0.05, 0) is 47.1 Å². The van der Waals surface area contributed by atoms with Crippen LogP contribution in [0.1, 0.15) is 22.8 Å². The summed E-state index contributed by atoms with van der Waals surface area (Å²) >= 11 is 3.35. The van der Waals surface area contributed by atoms with Gasteiger partial charge in [0.15, 0.2) is 11.5 Å². The van der Waals surface area contributed by atoms with E-state index in [4.69, 9.17) is 14.6 Å². The summed E-state index contributed by atoms with van der Waals surface area (Å²) in [7, 11) is 0. The second kappa shape index (κ2) is 7.08. The van der Waals surface area contributed by atoms with E-state index in [0.29, 0.717) is 24.7 Å². The molecule has 0 aliphatic carbocycles. The zero-order valence-electron chi connectivity index (χ0n) is 11.4. The average molecular weight is 352 g/mol. The van der Waals surface area contributed by atoms with Crippen LogP contribution in [0.3, 0.4) is 0 Å². The Morgan fingerprint density at radius 3 is 2.71 bits per heavy atom. The molecule has 0 fully saturated rings. The quantitative estimate of drug-likeness (QED) is 0.862. The van der Waals surface area contributed by atoms with Crippen LogP contribution in [0.5, 0.6) is 11.5 Å². The number of carboxylic acid groups (broad SMARTS) is 1. The zero-order valence-corrected chi connectivity index (χ0v) is 13.0. The van der Waals surface area contributed by atoms with Gasteiger partial charge in [-0.25, -0.2) is 4.79 Å². The maximum atomic E-state index is 11.0. The summed E-state index contributed by atoms with van der Waals surface area (Å²) in [5, 5.41) is 9.00. The van der Waals surface area contributed by atoms with Crippen molar-refractivity contribution >= 4 is 21.9 Å². The molecule has 1 aromatic carbocycles. The summed E-state index contributed by atoms with van der Waals surface area (Å²) in [5.74, 6) is -0.0825. The number of nitrogens with zero attached hydrogens (tertiary/aromatic N) is 1. The number of ether oxygens (including phenoxy) is 2. The van der Waals surface area contributed by atoms with E-state index in [2.05, 4.69) is 20.9 Å². The number of rotatable bonds is 6. The third-order valence-corrected chi connectivity index (χ3v) is 3.08. The highest BCUT2D eigenvalue weighted by molar-refractivity contribution is 9.10. The van der Waals surface area contributed by atoms with E-state index in [1.54, 1.807) is 18.5 Å². The van der Waals surface area contributed by atoms with E-state index >= 15 is 0 Å². The highest BCUT2D eigenvalue weighted by atomic mass is 79.9. The molecule has 0 bridgehead atoms. The molecule has 0 aliphatic heterocycles. The van der Waals surface area contributed by atoms with Crippen LogP contribution in [0.25, 0.3) is 0 Å². The zero-order chi connectivity index (χ0) is 15.2. The van der Waals surface area contributed by atoms with Crippen LogP contribution >= 0.6 is 15.9 Å². The van der Waals surface area contributed by atoms with Gasteiger partial charge in [0, 0.05) is 22.4 Å². The molecule has 2 rings (SSSR count). The highest BCUT2D eigenvalue weighted by Crippen LogP contribution is 2.29. The SMILES string of the molecule is CCOc1cc(C(=O)O)ccc1OCc1cncc(Br)c1. The van der Waals surface area contributed by atoms with Gasteiger partial charge in [-0.15, -0.1) is 0 Å². The number of carboxylic acids is 1. The van der Waals surface area contributed by atoms with Crippen molar-refractivity contribution in [2.75, 3.05) is 6.61 Å². The Bertz CT molecular complexity index is 645. The van der Waals surface area contributed by atoms with Crippen LogP contribution < -0.4 is 9.47 Å². The molecule has 0 aliphatic rings. The molecule has 0 unspecified atom stereocenters. The smallest absolute Gasteiger partial charge is 0.335 e. The standard InChI is InChI=1S/C15H14BrNO4/c1-2-20-14-6-11(15(18)19)3-4-13(14)21-9-10-5-12(16)8-17-7-10/h3-8H,2,9H2,1H3,(H,18,19). The molecule has 5 nitrogen and oxygen atoms in total. The predicted molar refractivity (Wildman–Crippen MR) is 80.8 cm³/mol. The Labute approximate surface area is 130 Å². The maximum Gasteiger partial charge on any atom is 0.335 e. The summed E-state index contributed by atoms with van der Waals surface area (Å²) in [6.45, 7) is 2.58. The van der Waals surface area contributed by atoms with E-state index in [1.165, 1.54) is 12.1 Å². The van der Waals surface area contributed by atoms with Crippen molar-refractivity contribution in [2.24, 2.45) is 0 Å². The van der Waals surface area contributed by atoms with E-state index in [0.717, 1.165) is 10.0 Å². The Hall–Kier alpha value is -2.08. The molecule has 1 aromatic heterocycles. The summed E-state index contributed by atoms with van der Waals surface area (Å²) in [4.78, 5) is 15.0. The number of hydrogen-bond donors (Lipinski definition) is 1. The molecular weight excluding hydrogens is 338 g/mol. The number of pyridine rings is 1. The van der Waals surface area contributed by atoms with Gasteiger partial charge in [0.2, 0.25) is 0 Å². The fourth-order valence-electron chi connectivity index (χ4n) is 1.72. The van der Waals surface area contributed by atoms with Crippen molar-refractivity contribution in [2.45, 2.75) is 13.5 Å². The van der Waals surface area contributed by atoms with Crippen LogP contribution in [-0.4, -0.2) is 22.7 Å². The molecule has 0 saturated carbocycles. The Balaban J connectivity index is 2.16. The molecular formula is C15H14BrNO4. The Morgan fingerprint density at radius 1 is 1.24 bits per heavy atom. The van der Waals surface area contributed by atoms with Crippen LogP contribution in [0.15, 0.2) is 41.1 Å². The van der Waals surface area contributed by atoms with E-state index in [-0.39, 0.29) is 5.56 Å². The summed E-state index contributed by atoms with van der Waals surface area (Å²) < 4.78 is 12.0. The summed E-state index contributed by atoms with van der Waals surface area (Å²) in [5.41, 5.74) is 1.06. The number of aromatic carboxylic acids is 1. The Morgan fingerprint density at radius 2 is 2.05 bits per heavy atom. The number of halogens is 1. The predicted octanol–water partition coefficient (Wildman–Crippen LogP) is 3.52. The lowest BCUT2D eigenvalue weighted by molar-refractivity contribution is 0.0696. The molecule has 0 radical (unpaired) electrons. The second-order valence-electron chi connectivity index (χ2n) is 4.20. The third-order valence-electron chi connectivity index (χ3n) is 2.65. The molecule has 110 valence electrons. The lowest BCUT2D eigenvalue weighted by Gasteiger charge is -2.12. The topological polar surface area (TPSA) is 68.7 Å². The van der Waals surface area contributed by atoms with Crippen molar-refractivity contribution in [3.8, 4) is 11.5 Å². The number of benzene rings is 1. The normalized spacial score (nSPS) is 10.2. The fraction of sp³-hybridized carbons (Fsp3) is 0.200. The molecule has 21 heavy (non-hydrogen) atoms. The number of carbonyl (C=O) groups is 1. The first kappa shape index (κ1) is 15.3. The van der Waals surface area contributed by atoms with E-state index in [1.807, 2.05) is 13.0 Å². The van der Waals surface area contributed by atoms with Gasteiger partial charge >= 0.3 is 5.97 Å². The van der Waals surface area contributed by atoms with Crippen molar-refractivity contribution in [3.63, 3.8) is 0 Å². The molecule has 0 amide bonds. The van der Waals surface area contributed by atoms with Crippen molar-refractivity contribution in [3.05, 3.63) is 52.3 Å². The Kier molecular flexibility index (Phi) is 5.16.